The third kappa shape index (κ3) is 10.8. The maximum absolute atomic E-state index is 13.2. The number of hydrogen-bond donors (Lipinski definition) is 16. The van der Waals surface area contributed by atoms with Gasteiger partial charge in [0.15, 0.2) is 31.3 Å². The van der Waals surface area contributed by atoms with E-state index in [1.54, 1.807) is 19.9 Å². The second-order valence-electron chi connectivity index (χ2n) is 27.3. The van der Waals surface area contributed by atoms with E-state index in [2.05, 4.69) is 26.8 Å². The van der Waals surface area contributed by atoms with Crippen molar-refractivity contribution in [2.75, 3.05) is 33.0 Å². The van der Waals surface area contributed by atoms with Gasteiger partial charge in [0.25, 0.3) is 0 Å². The van der Waals surface area contributed by atoms with Crippen LogP contribution in [0.15, 0.2) is 23.3 Å². The van der Waals surface area contributed by atoms with Crippen molar-refractivity contribution in [3.63, 3.8) is 0 Å². The fourth-order valence-electron chi connectivity index (χ4n) is 17.1. The minimum absolute atomic E-state index is 0.104. The summed E-state index contributed by atoms with van der Waals surface area (Å²) in [4.78, 5) is 26.4. The zero-order valence-corrected chi connectivity index (χ0v) is 49.3. The molecule has 9 aliphatic rings. The van der Waals surface area contributed by atoms with Gasteiger partial charge >= 0.3 is 11.9 Å². The summed E-state index contributed by atoms with van der Waals surface area (Å²) in [7, 11) is 0. The number of carboxylic acids is 1. The van der Waals surface area contributed by atoms with Gasteiger partial charge in [0.05, 0.1) is 50.7 Å². The normalized spacial score (nSPS) is 52.6. The lowest BCUT2D eigenvalue weighted by Gasteiger charge is -2.72. The Balaban J connectivity index is 1.04. The number of aliphatic hydroxyl groups is 15. The molecule has 27 heteroatoms. The Labute approximate surface area is 492 Å². The van der Waals surface area contributed by atoms with Crippen molar-refractivity contribution in [1.29, 1.82) is 0 Å². The predicted octanol–water partition coefficient (Wildman–Crippen LogP) is -3.43. The zero-order valence-electron chi connectivity index (χ0n) is 49.3. The Hall–Kier alpha value is -2.50. The molecule has 4 heterocycles. The van der Waals surface area contributed by atoms with E-state index in [9.17, 15) is 91.3 Å². The van der Waals surface area contributed by atoms with E-state index in [1.807, 2.05) is 20.8 Å². The number of hydrogen-bond acceptors (Lipinski definition) is 26. The minimum Gasteiger partial charge on any atom is -0.479 e. The monoisotopic (exact) mass is 1220 g/mol. The molecule has 0 aromatic carbocycles. The molecule has 4 aliphatic heterocycles. The van der Waals surface area contributed by atoms with Crippen molar-refractivity contribution in [3.05, 3.63) is 23.3 Å². The summed E-state index contributed by atoms with van der Waals surface area (Å²) in [6.45, 7) is 12.0. The van der Waals surface area contributed by atoms with Crippen LogP contribution < -0.4 is 0 Å². The van der Waals surface area contributed by atoms with E-state index in [1.165, 1.54) is 0 Å². The number of aliphatic carboxylic acids is 1. The lowest BCUT2D eigenvalue weighted by atomic mass is 9.33. The van der Waals surface area contributed by atoms with Crippen LogP contribution in [0.4, 0.5) is 0 Å². The Kier molecular flexibility index (Phi) is 19.4. The van der Waals surface area contributed by atoms with Crippen LogP contribution in [-0.4, -0.2) is 268 Å². The van der Waals surface area contributed by atoms with Gasteiger partial charge in [-0.3, -0.25) is 0 Å². The highest BCUT2D eigenvalue weighted by Gasteiger charge is 2.73. The summed E-state index contributed by atoms with van der Waals surface area (Å²) in [6.07, 6.45) is -35.2. The van der Waals surface area contributed by atoms with Crippen molar-refractivity contribution in [1.82, 2.24) is 0 Å². The number of allylic oxidation sites excluding steroid dienone is 3. The first-order valence-electron chi connectivity index (χ1n) is 29.7. The van der Waals surface area contributed by atoms with Crippen LogP contribution >= 0.6 is 0 Å². The molecule has 4 saturated carbocycles. The standard InChI is InChI=1S/C58H92O27/c1-9-23(2)48(76)85-46-45(73)58(22-62)25(16-53(46,3)4)24-10-11-30-54(5)14-13-32(55(6,21-61)29(54)12-15-56(30,7)57(24,8)17-31(58)64)80-52-44(84-50-39(71)37(69)35(67)28(19-60)79-50)41(40(72)42(82-52)47(74)75)81-51-43(33(65)26(63)20-77-51)83-49-38(70)36(68)34(66)27(18-59)78-49/h9-10,25-46,49-52,59-73H,11-22H2,1-8H3,(H,74,75)/b23-9-/t25-,26-,27+,28+,29+,30+,31+,32-,33-,34+,35-,36-,37-,38+,39+,40-,41-,42-,43-,44+,45-,46-,49-,50-,51-,52-,54-,55-,56+,57+,58-/m0/s1. The van der Waals surface area contributed by atoms with Gasteiger partial charge in [-0.05, 0) is 92.8 Å². The van der Waals surface area contributed by atoms with Crippen LogP contribution in [0.5, 0.6) is 0 Å². The highest BCUT2D eigenvalue weighted by molar-refractivity contribution is 5.87. The number of carboxylic acid groups (broad SMARTS) is 1. The summed E-state index contributed by atoms with van der Waals surface area (Å²) >= 11 is 0. The number of esters is 1. The molecule has 0 radical (unpaired) electrons. The second kappa shape index (κ2) is 24.6. The molecule has 9 rings (SSSR count). The smallest absolute Gasteiger partial charge is 0.335 e. The van der Waals surface area contributed by atoms with Gasteiger partial charge in [-0.1, -0.05) is 59.3 Å². The SMILES string of the molecule is C/C=C(/C)C(=O)O[C@H]1[C@H](O)[C@]2(CO)[C@H](O)C[C@]3(C)C(=CC[C@@H]4[C@@]5(C)CC[C@H](O[C@H]6O[C@H](C(=O)O)[C@@H](O)[C@H](O[C@@H]7OC[C@H](O)[C@H](O)[C@@H]7O[C@@H]7O[C@H](CO)[C@@H](O)[C@H](O)[C@H]7O)[C@H]6O[C@@H]6O[C@H](CO)[C@H](O)[C@H](O)[C@H]6O)[C@@](C)(CO)[C@@H]5CC[C@]43C)[C@@H]2CC1(C)C. The van der Waals surface area contributed by atoms with E-state index < -0.39 is 225 Å². The first-order chi connectivity index (χ1) is 39.8. The van der Waals surface area contributed by atoms with Crippen LogP contribution in [0.2, 0.25) is 0 Å². The third-order valence-corrected chi connectivity index (χ3v) is 22.5. The van der Waals surface area contributed by atoms with Gasteiger partial charge in [0.1, 0.15) is 97.7 Å². The highest BCUT2D eigenvalue weighted by Crippen LogP contribution is 2.76. The number of carbonyl (C=O) groups excluding carboxylic acids is 1. The first kappa shape index (κ1) is 66.9. The fourth-order valence-corrected chi connectivity index (χ4v) is 17.1. The topological polar surface area (TPSA) is 441 Å². The molecule has 0 aromatic rings. The van der Waals surface area contributed by atoms with Crippen molar-refractivity contribution >= 4 is 11.9 Å². The van der Waals surface area contributed by atoms with E-state index in [0.717, 1.165) is 5.57 Å². The Morgan fingerprint density at radius 2 is 1.24 bits per heavy atom. The summed E-state index contributed by atoms with van der Waals surface area (Å²) in [5.41, 5.74) is -3.89. The predicted molar refractivity (Wildman–Crippen MR) is 286 cm³/mol. The molecule has 0 amide bonds. The van der Waals surface area contributed by atoms with Crippen molar-refractivity contribution < 1.29 is 134 Å². The second-order valence-corrected chi connectivity index (χ2v) is 27.3. The third-order valence-electron chi connectivity index (χ3n) is 22.5. The molecule has 4 saturated heterocycles. The quantitative estimate of drug-likeness (QED) is 0.0328. The summed E-state index contributed by atoms with van der Waals surface area (Å²) in [6, 6.07) is 0. The Morgan fingerprint density at radius 3 is 1.79 bits per heavy atom. The summed E-state index contributed by atoms with van der Waals surface area (Å²) in [5.74, 6) is -3.32. The molecule has 0 bridgehead atoms. The Bertz CT molecular complexity index is 2440. The molecule has 5 aliphatic carbocycles. The Morgan fingerprint density at radius 1 is 0.647 bits per heavy atom. The van der Waals surface area contributed by atoms with Crippen LogP contribution in [0.3, 0.4) is 0 Å². The maximum atomic E-state index is 13.2. The molecule has 85 heavy (non-hydrogen) atoms. The fraction of sp³-hybridized carbons (Fsp3) is 0.897. The van der Waals surface area contributed by atoms with Crippen LogP contribution in [0, 0.1) is 50.2 Å². The number of ether oxygens (including phenoxy) is 9. The summed E-state index contributed by atoms with van der Waals surface area (Å²) in [5, 5.41) is 178. The number of carbonyl (C=O) groups is 2. The largest absolute Gasteiger partial charge is 0.479 e. The molecule has 31 atom stereocenters. The van der Waals surface area contributed by atoms with E-state index in [4.69, 9.17) is 42.6 Å². The lowest BCUT2D eigenvalue weighted by molar-refractivity contribution is -0.401. The van der Waals surface area contributed by atoms with E-state index in [0.29, 0.717) is 37.7 Å². The molecule has 27 nitrogen and oxygen atoms in total. The van der Waals surface area contributed by atoms with Crippen molar-refractivity contribution in [2.24, 2.45) is 50.2 Å². The van der Waals surface area contributed by atoms with E-state index >= 15 is 0 Å². The highest BCUT2D eigenvalue weighted by atomic mass is 16.8. The molecule has 0 spiro atoms. The van der Waals surface area contributed by atoms with Crippen molar-refractivity contribution in [3.8, 4) is 0 Å². The van der Waals surface area contributed by atoms with Gasteiger partial charge in [-0.15, -0.1) is 0 Å². The van der Waals surface area contributed by atoms with Gasteiger partial charge in [0, 0.05) is 16.4 Å². The molecule has 0 unspecified atom stereocenters. The molecule has 0 aromatic heterocycles. The number of rotatable bonds is 15. The molecular weight excluding hydrogens is 1130 g/mol. The first-order valence-corrected chi connectivity index (χ1v) is 29.7. The molecule has 8 fully saturated rings. The average Bonchev–Trinajstić information content (AvgIpc) is 0.778. The number of fused-ring (bicyclic) bond motifs is 7. The summed E-state index contributed by atoms with van der Waals surface area (Å²) < 4.78 is 54.5. The number of aliphatic hydroxyl groups excluding tert-OH is 15. The lowest BCUT2D eigenvalue weighted by Crippen LogP contribution is -2.72. The molecule has 16 N–H and O–H groups in total. The van der Waals surface area contributed by atoms with E-state index in [-0.39, 0.29) is 24.7 Å². The van der Waals surface area contributed by atoms with Gasteiger partial charge < -0.3 is 124 Å². The zero-order chi connectivity index (χ0) is 62.6. The van der Waals surface area contributed by atoms with Crippen LogP contribution in [-0.2, 0) is 52.2 Å². The van der Waals surface area contributed by atoms with Crippen molar-refractivity contribution in [2.45, 2.75) is 241 Å². The van der Waals surface area contributed by atoms with Crippen LogP contribution in [0.25, 0.3) is 0 Å². The van der Waals surface area contributed by atoms with Gasteiger partial charge in [-0.25, -0.2) is 9.59 Å². The van der Waals surface area contributed by atoms with Gasteiger partial charge in [-0.2, -0.15) is 0 Å². The minimum atomic E-state index is -2.29. The maximum Gasteiger partial charge on any atom is 0.335 e. The van der Waals surface area contributed by atoms with Gasteiger partial charge in [0.2, 0.25) is 0 Å². The molecular formula is C58H92O27. The average molecular weight is 1220 g/mol. The molecule has 486 valence electrons. The van der Waals surface area contributed by atoms with Crippen LogP contribution in [0.1, 0.15) is 100 Å².